The van der Waals surface area contributed by atoms with Crippen LogP contribution in [-0.2, 0) is 4.74 Å². The van der Waals surface area contributed by atoms with Gasteiger partial charge >= 0.3 is 0 Å². The minimum Gasteiger partial charge on any atom is -0.377 e. The third-order valence-corrected chi connectivity index (χ3v) is 3.90. The highest BCUT2D eigenvalue weighted by molar-refractivity contribution is 4.78. The SMILES string of the molecule is NC1CCCCC1OCCCN1CCCC1. The van der Waals surface area contributed by atoms with Crippen LogP contribution in [0.3, 0.4) is 0 Å². The zero-order valence-electron chi connectivity index (χ0n) is 10.4. The normalized spacial score (nSPS) is 32.1. The van der Waals surface area contributed by atoms with Crippen molar-refractivity contribution in [3.63, 3.8) is 0 Å². The van der Waals surface area contributed by atoms with Crippen LogP contribution in [0.5, 0.6) is 0 Å². The Morgan fingerprint density at radius 1 is 1.06 bits per heavy atom. The molecule has 2 aliphatic rings. The van der Waals surface area contributed by atoms with Crippen LogP contribution in [0.25, 0.3) is 0 Å². The molecule has 1 aliphatic carbocycles. The molecule has 0 spiro atoms. The van der Waals surface area contributed by atoms with Gasteiger partial charge in [0, 0.05) is 19.2 Å². The van der Waals surface area contributed by atoms with Gasteiger partial charge in [-0.3, -0.25) is 0 Å². The lowest BCUT2D eigenvalue weighted by molar-refractivity contribution is 0.0115. The Morgan fingerprint density at radius 2 is 1.81 bits per heavy atom. The van der Waals surface area contributed by atoms with Crippen LogP contribution in [0.15, 0.2) is 0 Å². The van der Waals surface area contributed by atoms with Gasteiger partial charge in [-0.15, -0.1) is 0 Å². The molecule has 3 heteroatoms. The van der Waals surface area contributed by atoms with Gasteiger partial charge in [-0.25, -0.2) is 0 Å². The molecule has 0 aromatic rings. The first-order valence-corrected chi connectivity index (χ1v) is 6.96. The van der Waals surface area contributed by atoms with E-state index in [2.05, 4.69) is 4.90 Å². The van der Waals surface area contributed by atoms with Crippen molar-refractivity contribution in [3.8, 4) is 0 Å². The summed E-state index contributed by atoms with van der Waals surface area (Å²) in [6, 6.07) is 0.292. The quantitative estimate of drug-likeness (QED) is 0.726. The van der Waals surface area contributed by atoms with E-state index in [4.69, 9.17) is 10.5 Å². The summed E-state index contributed by atoms with van der Waals surface area (Å²) in [5.74, 6) is 0. The van der Waals surface area contributed by atoms with Gasteiger partial charge in [0.15, 0.2) is 0 Å². The van der Waals surface area contributed by atoms with Crippen molar-refractivity contribution >= 4 is 0 Å². The van der Waals surface area contributed by atoms with Crippen molar-refractivity contribution in [3.05, 3.63) is 0 Å². The second-order valence-electron chi connectivity index (χ2n) is 5.26. The van der Waals surface area contributed by atoms with Gasteiger partial charge in [-0.05, 0) is 45.2 Å². The van der Waals surface area contributed by atoms with Crippen LogP contribution in [0, 0.1) is 0 Å². The van der Waals surface area contributed by atoms with E-state index in [1.54, 1.807) is 0 Å². The van der Waals surface area contributed by atoms with Gasteiger partial charge in [-0.1, -0.05) is 12.8 Å². The van der Waals surface area contributed by atoms with Crippen molar-refractivity contribution < 1.29 is 4.74 Å². The monoisotopic (exact) mass is 226 g/mol. The molecule has 2 unspecified atom stereocenters. The van der Waals surface area contributed by atoms with E-state index in [9.17, 15) is 0 Å². The summed E-state index contributed by atoms with van der Waals surface area (Å²) < 4.78 is 5.90. The second kappa shape index (κ2) is 6.58. The first-order chi connectivity index (χ1) is 7.86. The molecule has 1 saturated carbocycles. The molecule has 2 fully saturated rings. The Balaban J connectivity index is 1.53. The minimum absolute atomic E-state index is 0.292. The topological polar surface area (TPSA) is 38.5 Å². The zero-order valence-corrected chi connectivity index (χ0v) is 10.4. The summed E-state index contributed by atoms with van der Waals surface area (Å²) in [7, 11) is 0. The fraction of sp³-hybridized carbons (Fsp3) is 1.00. The van der Waals surface area contributed by atoms with Crippen LogP contribution < -0.4 is 5.73 Å². The van der Waals surface area contributed by atoms with E-state index in [1.807, 2.05) is 0 Å². The molecule has 2 N–H and O–H groups in total. The summed E-state index contributed by atoms with van der Waals surface area (Å²) in [6.07, 6.45) is 9.18. The van der Waals surface area contributed by atoms with Crippen molar-refractivity contribution in [1.29, 1.82) is 0 Å². The van der Waals surface area contributed by atoms with Crippen LogP contribution >= 0.6 is 0 Å². The number of nitrogens with two attached hydrogens (primary N) is 1. The molecule has 2 rings (SSSR count). The number of likely N-dealkylation sites (tertiary alicyclic amines) is 1. The Morgan fingerprint density at radius 3 is 2.56 bits per heavy atom. The van der Waals surface area contributed by atoms with Gasteiger partial charge in [0.05, 0.1) is 6.10 Å². The van der Waals surface area contributed by atoms with E-state index in [0.29, 0.717) is 12.1 Å². The summed E-state index contributed by atoms with van der Waals surface area (Å²) in [5, 5.41) is 0. The molecule has 0 amide bonds. The number of nitrogens with zero attached hydrogens (tertiary/aromatic N) is 1. The van der Waals surface area contributed by atoms with Crippen molar-refractivity contribution in [2.24, 2.45) is 5.73 Å². The Hall–Kier alpha value is -0.120. The van der Waals surface area contributed by atoms with Gasteiger partial charge in [0.1, 0.15) is 0 Å². The van der Waals surface area contributed by atoms with Crippen LogP contribution in [0.2, 0.25) is 0 Å². The molecule has 1 heterocycles. The van der Waals surface area contributed by atoms with E-state index in [-0.39, 0.29) is 0 Å². The first-order valence-electron chi connectivity index (χ1n) is 6.96. The first kappa shape index (κ1) is 12.3. The highest BCUT2D eigenvalue weighted by atomic mass is 16.5. The maximum Gasteiger partial charge on any atom is 0.0725 e. The molecule has 3 nitrogen and oxygen atoms in total. The average molecular weight is 226 g/mol. The molecule has 0 aromatic carbocycles. The summed E-state index contributed by atoms with van der Waals surface area (Å²) in [4.78, 5) is 2.55. The van der Waals surface area contributed by atoms with Gasteiger partial charge < -0.3 is 15.4 Å². The lowest BCUT2D eigenvalue weighted by Gasteiger charge is -2.28. The van der Waals surface area contributed by atoms with Crippen LogP contribution in [0.1, 0.15) is 44.9 Å². The predicted molar refractivity (Wildman–Crippen MR) is 66.5 cm³/mol. The third-order valence-electron chi connectivity index (χ3n) is 3.90. The largest absolute Gasteiger partial charge is 0.377 e. The van der Waals surface area contributed by atoms with Crippen molar-refractivity contribution in [1.82, 2.24) is 4.90 Å². The zero-order chi connectivity index (χ0) is 11.2. The molecule has 16 heavy (non-hydrogen) atoms. The smallest absolute Gasteiger partial charge is 0.0725 e. The highest BCUT2D eigenvalue weighted by Crippen LogP contribution is 2.19. The molecule has 0 radical (unpaired) electrons. The Bertz CT molecular complexity index is 192. The second-order valence-corrected chi connectivity index (χ2v) is 5.26. The van der Waals surface area contributed by atoms with Gasteiger partial charge in [0.2, 0.25) is 0 Å². The minimum atomic E-state index is 0.292. The average Bonchev–Trinajstić information content (AvgIpc) is 2.79. The lowest BCUT2D eigenvalue weighted by Crippen LogP contribution is -2.39. The van der Waals surface area contributed by atoms with Crippen molar-refractivity contribution in [2.45, 2.75) is 57.1 Å². The van der Waals surface area contributed by atoms with Gasteiger partial charge in [-0.2, -0.15) is 0 Å². The maximum absolute atomic E-state index is 6.05. The van der Waals surface area contributed by atoms with E-state index < -0.39 is 0 Å². The van der Waals surface area contributed by atoms with Gasteiger partial charge in [0.25, 0.3) is 0 Å². The number of ether oxygens (including phenoxy) is 1. The fourth-order valence-electron chi connectivity index (χ4n) is 2.86. The third kappa shape index (κ3) is 3.72. The number of rotatable bonds is 5. The molecule has 1 aliphatic heterocycles. The number of hydrogen-bond acceptors (Lipinski definition) is 3. The van der Waals surface area contributed by atoms with Crippen LogP contribution in [0.4, 0.5) is 0 Å². The Kier molecular flexibility index (Phi) is 5.07. The molecular weight excluding hydrogens is 200 g/mol. The fourth-order valence-corrected chi connectivity index (χ4v) is 2.86. The molecular formula is C13H26N2O. The summed E-state index contributed by atoms with van der Waals surface area (Å²) in [5.41, 5.74) is 6.05. The molecule has 1 saturated heterocycles. The number of hydrogen-bond donors (Lipinski definition) is 1. The molecule has 0 aromatic heterocycles. The Labute approximate surface area is 99.3 Å². The summed E-state index contributed by atoms with van der Waals surface area (Å²) in [6.45, 7) is 4.70. The van der Waals surface area contributed by atoms with Crippen LogP contribution in [-0.4, -0.2) is 43.3 Å². The maximum atomic E-state index is 6.05. The standard InChI is InChI=1S/C13H26N2O/c14-12-6-1-2-7-13(12)16-11-5-10-15-8-3-4-9-15/h12-13H,1-11,14H2. The molecule has 2 atom stereocenters. The molecule has 94 valence electrons. The van der Waals surface area contributed by atoms with Crippen molar-refractivity contribution in [2.75, 3.05) is 26.2 Å². The highest BCUT2D eigenvalue weighted by Gasteiger charge is 2.22. The lowest BCUT2D eigenvalue weighted by atomic mass is 9.93. The molecule has 0 bridgehead atoms. The predicted octanol–water partition coefficient (Wildman–Crippen LogP) is 1.76. The summed E-state index contributed by atoms with van der Waals surface area (Å²) >= 11 is 0. The van der Waals surface area contributed by atoms with E-state index in [0.717, 1.165) is 13.0 Å². The van der Waals surface area contributed by atoms with E-state index in [1.165, 1.54) is 58.2 Å². The van der Waals surface area contributed by atoms with E-state index >= 15 is 0 Å².